The highest BCUT2D eigenvalue weighted by Gasteiger charge is 2.09. The van der Waals surface area contributed by atoms with Crippen LogP contribution < -0.4 is 10.1 Å². The van der Waals surface area contributed by atoms with Crippen LogP contribution in [-0.2, 0) is 4.79 Å². The Hall–Kier alpha value is -3.67. The van der Waals surface area contributed by atoms with E-state index in [1.54, 1.807) is 4.80 Å². The zero-order valence-corrected chi connectivity index (χ0v) is 16.6. The second-order valence-corrected chi connectivity index (χ2v) is 7.06. The fourth-order valence-electron chi connectivity index (χ4n) is 3.02. The standard InChI is InChI=1S/C23H22N4O2/c1-15-8-10-19(12-17(15)3)27-25-20-11-9-18(13-21(20)26-27)24-23(28)14-29-22-7-5-4-6-16(22)2/h4-13H,14H2,1-3H3,(H,24,28). The Kier molecular flexibility index (Phi) is 4.99. The Morgan fingerprint density at radius 3 is 2.48 bits per heavy atom. The molecule has 1 heterocycles. The molecule has 1 N–H and O–H groups in total. The minimum Gasteiger partial charge on any atom is -0.483 e. The molecule has 0 saturated heterocycles. The first-order valence-corrected chi connectivity index (χ1v) is 9.42. The number of rotatable bonds is 5. The number of anilines is 1. The quantitative estimate of drug-likeness (QED) is 0.553. The Bertz CT molecular complexity index is 1200. The van der Waals surface area contributed by atoms with Crippen LogP contribution in [0.5, 0.6) is 5.75 Å². The number of hydrogen-bond acceptors (Lipinski definition) is 4. The molecule has 1 aromatic heterocycles. The molecule has 3 aromatic carbocycles. The van der Waals surface area contributed by atoms with E-state index in [1.165, 1.54) is 11.1 Å². The monoisotopic (exact) mass is 386 g/mol. The summed E-state index contributed by atoms with van der Waals surface area (Å²) in [7, 11) is 0. The van der Waals surface area contributed by atoms with Crippen LogP contribution in [0.15, 0.2) is 60.7 Å². The summed E-state index contributed by atoms with van der Waals surface area (Å²) in [5.74, 6) is 0.476. The van der Waals surface area contributed by atoms with Gasteiger partial charge in [-0.25, -0.2) is 0 Å². The van der Waals surface area contributed by atoms with Crippen molar-refractivity contribution in [3.05, 3.63) is 77.4 Å². The topological polar surface area (TPSA) is 69.0 Å². The van der Waals surface area contributed by atoms with E-state index in [-0.39, 0.29) is 12.5 Å². The van der Waals surface area contributed by atoms with Crippen LogP contribution in [0.2, 0.25) is 0 Å². The molecule has 0 radical (unpaired) electrons. The maximum Gasteiger partial charge on any atom is 0.262 e. The lowest BCUT2D eigenvalue weighted by atomic mass is 10.1. The lowest BCUT2D eigenvalue weighted by molar-refractivity contribution is -0.118. The molecule has 146 valence electrons. The van der Waals surface area contributed by atoms with Crippen LogP contribution in [0.25, 0.3) is 16.7 Å². The van der Waals surface area contributed by atoms with E-state index in [4.69, 9.17) is 4.74 Å². The van der Waals surface area contributed by atoms with Gasteiger partial charge in [-0.05, 0) is 73.9 Å². The highest BCUT2D eigenvalue weighted by atomic mass is 16.5. The smallest absolute Gasteiger partial charge is 0.262 e. The van der Waals surface area contributed by atoms with Crippen LogP contribution in [0.3, 0.4) is 0 Å². The zero-order chi connectivity index (χ0) is 20.4. The number of benzene rings is 3. The van der Waals surface area contributed by atoms with Gasteiger partial charge in [0.25, 0.3) is 5.91 Å². The summed E-state index contributed by atoms with van der Waals surface area (Å²) >= 11 is 0. The number of nitrogens with one attached hydrogen (secondary N) is 1. The van der Waals surface area contributed by atoms with Gasteiger partial charge in [-0.15, -0.1) is 10.2 Å². The van der Waals surface area contributed by atoms with Crippen LogP contribution in [0.4, 0.5) is 5.69 Å². The van der Waals surface area contributed by atoms with E-state index in [1.807, 2.05) is 55.5 Å². The molecule has 0 fully saturated rings. The number of aromatic nitrogens is 3. The fourth-order valence-corrected chi connectivity index (χ4v) is 3.02. The minimum absolute atomic E-state index is 0.0573. The summed E-state index contributed by atoms with van der Waals surface area (Å²) in [4.78, 5) is 13.9. The summed E-state index contributed by atoms with van der Waals surface area (Å²) in [5, 5.41) is 11.9. The van der Waals surface area contributed by atoms with Gasteiger partial charge in [-0.2, -0.15) is 4.80 Å². The van der Waals surface area contributed by atoms with E-state index in [2.05, 4.69) is 41.5 Å². The van der Waals surface area contributed by atoms with Gasteiger partial charge in [-0.1, -0.05) is 24.3 Å². The molecule has 0 aliphatic heterocycles. The van der Waals surface area contributed by atoms with Crippen molar-refractivity contribution in [3.8, 4) is 11.4 Å². The molecule has 0 spiro atoms. The summed E-state index contributed by atoms with van der Waals surface area (Å²) in [6.45, 7) is 6.02. The van der Waals surface area contributed by atoms with Crippen molar-refractivity contribution < 1.29 is 9.53 Å². The molecule has 0 atom stereocenters. The van der Waals surface area contributed by atoms with E-state index in [0.29, 0.717) is 17.0 Å². The first-order chi connectivity index (χ1) is 14.0. The van der Waals surface area contributed by atoms with Crippen molar-refractivity contribution in [2.75, 3.05) is 11.9 Å². The van der Waals surface area contributed by atoms with Crippen LogP contribution in [0.1, 0.15) is 16.7 Å². The summed E-state index contributed by atoms with van der Waals surface area (Å²) < 4.78 is 5.60. The zero-order valence-electron chi connectivity index (χ0n) is 16.6. The van der Waals surface area contributed by atoms with E-state index < -0.39 is 0 Å². The molecule has 6 heteroatoms. The minimum atomic E-state index is -0.228. The first kappa shape index (κ1) is 18.7. The molecule has 0 saturated carbocycles. The van der Waals surface area contributed by atoms with Crippen molar-refractivity contribution in [3.63, 3.8) is 0 Å². The largest absolute Gasteiger partial charge is 0.483 e. The second-order valence-electron chi connectivity index (χ2n) is 7.06. The van der Waals surface area contributed by atoms with Crippen LogP contribution in [-0.4, -0.2) is 27.5 Å². The maximum absolute atomic E-state index is 12.3. The van der Waals surface area contributed by atoms with Crippen molar-refractivity contribution in [1.29, 1.82) is 0 Å². The predicted molar refractivity (Wildman–Crippen MR) is 114 cm³/mol. The van der Waals surface area contributed by atoms with Gasteiger partial charge in [0.2, 0.25) is 0 Å². The van der Waals surface area contributed by atoms with Gasteiger partial charge in [0.15, 0.2) is 6.61 Å². The molecule has 0 bridgehead atoms. The molecule has 1 amide bonds. The summed E-state index contributed by atoms with van der Waals surface area (Å²) in [6.07, 6.45) is 0. The molecule has 4 rings (SSSR count). The molecule has 0 aliphatic carbocycles. The van der Waals surface area contributed by atoms with E-state index in [0.717, 1.165) is 16.8 Å². The number of aryl methyl sites for hydroxylation is 3. The van der Waals surface area contributed by atoms with Crippen molar-refractivity contribution in [2.45, 2.75) is 20.8 Å². The van der Waals surface area contributed by atoms with Gasteiger partial charge in [0, 0.05) is 5.69 Å². The molecular weight excluding hydrogens is 364 g/mol. The first-order valence-electron chi connectivity index (χ1n) is 9.42. The Morgan fingerprint density at radius 2 is 1.69 bits per heavy atom. The third-order valence-corrected chi connectivity index (χ3v) is 4.84. The average Bonchev–Trinajstić information content (AvgIpc) is 3.13. The van der Waals surface area contributed by atoms with Gasteiger partial charge in [0.1, 0.15) is 16.8 Å². The third kappa shape index (κ3) is 4.11. The van der Waals surface area contributed by atoms with Crippen LogP contribution in [0, 0.1) is 20.8 Å². The van der Waals surface area contributed by atoms with E-state index >= 15 is 0 Å². The fraction of sp³-hybridized carbons (Fsp3) is 0.174. The number of para-hydroxylation sites is 1. The highest BCUT2D eigenvalue weighted by molar-refractivity contribution is 5.93. The van der Waals surface area contributed by atoms with Crippen molar-refractivity contribution in [2.24, 2.45) is 0 Å². The molecule has 29 heavy (non-hydrogen) atoms. The van der Waals surface area contributed by atoms with Crippen LogP contribution >= 0.6 is 0 Å². The second kappa shape index (κ2) is 7.75. The SMILES string of the molecule is Cc1ccc(-n2nc3ccc(NC(=O)COc4ccccc4C)cc3n2)cc1C. The summed E-state index contributed by atoms with van der Waals surface area (Å²) in [5.41, 5.74) is 6.43. The number of hydrogen-bond donors (Lipinski definition) is 1. The Labute approximate surface area is 169 Å². The van der Waals surface area contributed by atoms with Gasteiger partial charge < -0.3 is 10.1 Å². The predicted octanol–water partition coefficient (Wildman–Crippen LogP) is 4.36. The number of fused-ring (bicyclic) bond motifs is 1. The average molecular weight is 386 g/mol. The molecule has 4 aromatic rings. The number of carbonyl (C=O) groups excluding carboxylic acids is 1. The van der Waals surface area contributed by atoms with Crippen molar-refractivity contribution >= 4 is 22.6 Å². The number of nitrogens with zero attached hydrogens (tertiary/aromatic N) is 3. The van der Waals surface area contributed by atoms with Gasteiger partial charge >= 0.3 is 0 Å². The third-order valence-electron chi connectivity index (χ3n) is 4.84. The lowest BCUT2D eigenvalue weighted by Gasteiger charge is -2.09. The molecule has 6 nitrogen and oxygen atoms in total. The summed E-state index contributed by atoms with van der Waals surface area (Å²) in [6, 6.07) is 19.2. The highest BCUT2D eigenvalue weighted by Crippen LogP contribution is 2.19. The van der Waals surface area contributed by atoms with Crippen molar-refractivity contribution in [1.82, 2.24) is 15.0 Å². The van der Waals surface area contributed by atoms with E-state index in [9.17, 15) is 4.79 Å². The van der Waals surface area contributed by atoms with Gasteiger partial charge in [0.05, 0.1) is 5.69 Å². The number of carbonyl (C=O) groups is 1. The number of amides is 1. The Balaban J connectivity index is 1.48. The normalized spacial score (nSPS) is 10.9. The Morgan fingerprint density at radius 1 is 0.897 bits per heavy atom. The maximum atomic E-state index is 12.3. The molecule has 0 aliphatic rings. The lowest BCUT2D eigenvalue weighted by Crippen LogP contribution is -2.20. The molecule has 0 unspecified atom stereocenters. The van der Waals surface area contributed by atoms with Gasteiger partial charge in [-0.3, -0.25) is 4.79 Å². The number of ether oxygens (including phenoxy) is 1. The molecular formula is C23H22N4O2.